The van der Waals surface area contributed by atoms with E-state index in [9.17, 15) is 4.79 Å². The largest absolute Gasteiger partial charge is 0.493 e. The number of carbonyl (C=O) groups excluding carboxylic acids is 1. The van der Waals surface area contributed by atoms with Gasteiger partial charge in [0.15, 0.2) is 27.6 Å². The second-order valence-electron chi connectivity index (χ2n) is 7.05. The van der Waals surface area contributed by atoms with Crippen molar-refractivity contribution in [1.82, 2.24) is 19.7 Å². The molecule has 0 saturated carbocycles. The van der Waals surface area contributed by atoms with Crippen molar-refractivity contribution < 1.29 is 14.3 Å². The van der Waals surface area contributed by atoms with E-state index in [4.69, 9.17) is 9.47 Å². The van der Waals surface area contributed by atoms with Gasteiger partial charge in [0.2, 0.25) is 5.91 Å². The summed E-state index contributed by atoms with van der Waals surface area (Å²) in [6.07, 6.45) is 0. The van der Waals surface area contributed by atoms with E-state index in [-0.39, 0.29) is 12.5 Å². The van der Waals surface area contributed by atoms with Crippen LogP contribution < -0.4 is 14.8 Å². The number of rotatable bonds is 9. The lowest BCUT2D eigenvalue weighted by Gasteiger charge is -2.14. The molecule has 170 valence electrons. The minimum atomic E-state index is -0.413. The van der Waals surface area contributed by atoms with Gasteiger partial charge >= 0.3 is 0 Å². The van der Waals surface area contributed by atoms with Crippen molar-refractivity contribution >= 4 is 34.1 Å². The van der Waals surface area contributed by atoms with Crippen LogP contribution in [0.3, 0.4) is 0 Å². The first-order valence-corrected chi connectivity index (χ1v) is 12.0. The van der Waals surface area contributed by atoms with Crippen molar-refractivity contribution in [2.24, 2.45) is 0 Å². The number of anilines is 1. The van der Waals surface area contributed by atoms with Crippen LogP contribution in [0.4, 0.5) is 5.13 Å². The number of nitrogens with zero attached hydrogens (tertiary/aromatic N) is 4. The van der Waals surface area contributed by atoms with E-state index in [1.165, 1.54) is 23.1 Å². The SMILES string of the molecule is COc1ccccc1OCc1nnc(SC(C)C(=O)Nc2nc(C)cs2)n1-c1ccccc1. The summed E-state index contributed by atoms with van der Waals surface area (Å²) in [6, 6.07) is 17.2. The number of methoxy groups -OCH3 is 1. The van der Waals surface area contributed by atoms with Gasteiger partial charge in [-0.3, -0.25) is 9.36 Å². The van der Waals surface area contributed by atoms with Gasteiger partial charge in [-0.1, -0.05) is 42.1 Å². The molecular weight excluding hydrogens is 458 g/mol. The van der Waals surface area contributed by atoms with E-state index in [1.807, 2.05) is 78.4 Å². The van der Waals surface area contributed by atoms with Crippen LogP contribution in [0.5, 0.6) is 11.5 Å². The summed E-state index contributed by atoms with van der Waals surface area (Å²) < 4.78 is 13.2. The maximum Gasteiger partial charge on any atom is 0.239 e. The van der Waals surface area contributed by atoms with Crippen LogP contribution in [0, 0.1) is 6.92 Å². The number of hydrogen-bond donors (Lipinski definition) is 1. The normalized spacial score (nSPS) is 11.7. The molecule has 2 aromatic heterocycles. The molecule has 1 N–H and O–H groups in total. The van der Waals surface area contributed by atoms with Crippen molar-refractivity contribution in [1.29, 1.82) is 0 Å². The highest BCUT2D eigenvalue weighted by molar-refractivity contribution is 8.00. The lowest BCUT2D eigenvalue weighted by atomic mass is 10.3. The van der Waals surface area contributed by atoms with Gasteiger partial charge in [-0.05, 0) is 38.1 Å². The Morgan fingerprint density at radius 1 is 1.12 bits per heavy atom. The van der Waals surface area contributed by atoms with Gasteiger partial charge in [-0.2, -0.15) is 0 Å². The number of para-hydroxylation sites is 3. The van der Waals surface area contributed by atoms with Crippen LogP contribution in [-0.4, -0.2) is 38.0 Å². The molecule has 2 aromatic carbocycles. The van der Waals surface area contributed by atoms with Gasteiger partial charge in [-0.25, -0.2) is 4.98 Å². The molecule has 4 aromatic rings. The Balaban J connectivity index is 1.55. The number of benzene rings is 2. The van der Waals surface area contributed by atoms with Crippen molar-refractivity contribution in [3.8, 4) is 17.2 Å². The number of aromatic nitrogens is 4. The quantitative estimate of drug-likeness (QED) is 0.345. The second-order valence-corrected chi connectivity index (χ2v) is 9.22. The number of thiazole rings is 1. The van der Waals surface area contributed by atoms with Crippen molar-refractivity contribution in [2.75, 3.05) is 12.4 Å². The molecule has 10 heteroatoms. The maximum atomic E-state index is 12.7. The maximum absolute atomic E-state index is 12.7. The summed E-state index contributed by atoms with van der Waals surface area (Å²) >= 11 is 2.72. The topological polar surface area (TPSA) is 91.2 Å². The van der Waals surface area contributed by atoms with Gasteiger partial charge in [0.1, 0.15) is 6.61 Å². The first-order valence-electron chi connectivity index (χ1n) is 10.2. The highest BCUT2D eigenvalue weighted by atomic mass is 32.2. The Bertz CT molecular complexity index is 1230. The number of aryl methyl sites for hydroxylation is 1. The van der Waals surface area contributed by atoms with E-state index in [0.29, 0.717) is 27.6 Å². The highest BCUT2D eigenvalue weighted by Crippen LogP contribution is 2.29. The third-order valence-corrected chi connectivity index (χ3v) is 6.56. The molecule has 0 spiro atoms. The molecule has 1 atom stereocenters. The monoisotopic (exact) mass is 481 g/mol. The Labute approximate surface area is 200 Å². The number of thioether (sulfide) groups is 1. The molecule has 0 radical (unpaired) electrons. The summed E-state index contributed by atoms with van der Waals surface area (Å²) in [5.41, 5.74) is 1.76. The van der Waals surface area contributed by atoms with Gasteiger partial charge < -0.3 is 14.8 Å². The third-order valence-electron chi connectivity index (χ3n) is 4.64. The molecule has 2 heterocycles. The standard InChI is InChI=1S/C23H23N5O3S2/c1-15-14-32-22(24-15)25-21(29)16(2)33-23-27-26-20(28(23)17-9-5-4-6-10-17)13-31-19-12-8-7-11-18(19)30-3/h4-12,14,16H,13H2,1-3H3,(H,24,25,29). The predicted molar refractivity (Wildman–Crippen MR) is 129 cm³/mol. The second kappa shape index (κ2) is 10.5. The molecule has 1 unspecified atom stereocenters. The molecular formula is C23H23N5O3S2. The Kier molecular flexibility index (Phi) is 7.26. The molecule has 0 aliphatic rings. The lowest BCUT2D eigenvalue weighted by molar-refractivity contribution is -0.115. The fourth-order valence-electron chi connectivity index (χ4n) is 3.02. The summed E-state index contributed by atoms with van der Waals surface area (Å²) in [5, 5.41) is 14.2. The van der Waals surface area contributed by atoms with E-state index in [2.05, 4.69) is 20.5 Å². The Morgan fingerprint density at radius 3 is 2.55 bits per heavy atom. The van der Waals surface area contributed by atoms with Crippen LogP contribution in [0.2, 0.25) is 0 Å². The number of amides is 1. The molecule has 0 saturated heterocycles. The zero-order valence-electron chi connectivity index (χ0n) is 18.4. The molecule has 0 bridgehead atoms. The smallest absolute Gasteiger partial charge is 0.239 e. The fourth-order valence-corrected chi connectivity index (χ4v) is 4.59. The molecule has 1 amide bonds. The summed E-state index contributed by atoms with van der Waals surface area (Å²) in [4.78, 5) is 17.0. The minimum absolute atomic E-state index is 0.149. The molecule has 8 nitrogen and oxygen atoms in total. The molecule has 0 aliphatic heterocycles. The Hall–Kier alpha value is -3.37. The van der Waals surface area contributed by atoms with E-state index < -0.39 is 5.25 Å². The summed E-state index contributed by atoms with van der Waals surface area (Å²) in [6.45, 7) is 3.90. The van der Waals surface area contributed by atoms with E-state index in [1.54, 1.807) is 7.11 Å². The number of ether oxygens (including phenoxy) is 2. The highest BCUT2D eigenvalue weighted by Gasteiger charge is 2.22. The van der Waals surface area contributed by atoms with Crippen LogP contribution >= 0.6 is 23.1 Å². The van der Waals surface area contributed by atoms with Crippen molar-refractivity contribution in [3.63, 3.8) is 0 Å². The first-order chi connectivity index (χ1) is 16.0. The Morgan fingerprint density at radius 2 is 1.85 bits per heavy atom. The number of hydrogen-bond acceptors (Lipinski definition) is 8. The zero-order chi connectivity index (χ0) is 23.2. The molecule has 33 heavy (non-hydrogen) atoms. The number of nitrogens with one attached hydrogen (secondary N) is 1. The van der Waals surface area contributed by atoms with E-state index in [0.717, 1.165) is 11.4 Å². The van der Waals surface area contributed by atoms with Crippen LogP contribution in [0.1, 0.15) is 18.4 Å². The van der Waals surface area contributed by atoms with Gasteiger partial charge in [0, 0.05) is 11.1 Å². The van der Waals surface area contributed by atoms with Gasteiger partial charge in [-0.15, -0.1) is 21.5 Å². The fraction of sp³-hybridized carbons (Fsp3) is 0.217. The summed E-state index contributed by atoms with van der Waals surface area (Å²) in [7, 11) is 1.60. The molecule has 4 rings (SSSR count). The molecule has 0 aliphatic carbocycles. The van der Waals surface area contributed by atoms with Crippen molar-refractivity contribution in [2.45, 2.75) is 30.9 Å². The number of carbonyl (C=O) groups is 1. The van der Waals surface area contributed by atoms with Crippen LogP contribution in [0.15, 0.2) is 65.1 Å². The summed E-state index contributed by atoms with van der Waals surface area (Å²) in [5.74, 6) is 1.71. The van der Waals surface area contributed by atoms with Crippen molar-refractivity contribution in [3.05, 3.63) is 71.5 Å². The predicted octanol–water partition coefficient (Wildman–Crippen LogP) is 4.74. The van der Waals surface area contributed by atoms with E-state index >= 15 is 0 Å². The molecule has 0 fully saturated rings. The van der Waals surface area contributed by atoms with Gasteiger partial charge in [0.05, 0.1) is 18.1 Å². The average molecular weight is 482 g/mol. The lowest BCUT2D eigenvalue weighted by Crippen LogP contribution is -2.23. The third kappa shape index (κ3) is 5.52. The minimum Gasteiger partial charge on any atom is -0.493 e. The van der Waals surface area contributed by atoms with Crippen LogP contribution in [0.25, 0.3) is 5.69 Å². The van der Waals surface area contributed by atoms with Gasteiger partial charge in [0.25, 0.3) is 0 Å². The first kappa shape index (κ1) is 22.8. The average Bonchev–Trinajstić information content (AvgIpc) is 3.43. The zero-order valence-corrected chi connectivity index (χ0v) is 20.0. The van der Waals surface area contributed by atoms with Crippen LogP contribution in [-0.2, 0) is 11.4 Å².